The van der Waals surface area contributed by atoms with Gasteiger partial charge in [0.05, 0.1) is 19.2 Å². The molecule has 2 heterocycles. The predicted octanol–water partition coefficient (Wildman–Crippen LogP) is 3.84. The van der Waals surface area contributed by atoms with Crippen molar-refractivity contribution in [3.63, 3.8) is 0 Å². The molecular formula is C26H26N2O7. The number of nitrogens with one attached hydrogen (secondary N) is 1. The standard InChI is InChI=1S/C26H26N2O7/c1-13-8-16(10-21(33-3)23(13)35-25(31)27-14(2)24(29)30)22-20-9-15-6-4-5-7-18(15)19(20)11-17-12-34-26(32)28(17)22/h4-8,10,14,17,22H,9,11-12H2,1-3H3,(H,27,31)(H,29,30)/t14-,17-,22+/m0/s1. The normalized spacial score (nSPS) is 21.0. The lowest BCUT2D eigenvalue weighted by Gasteiger charge is -2.37. The molecule has 0 aromatic heterocycles. The fourth-order valence-electron chi connectivity index (χ4n) is 5.24. The summed E-state index contributed by atoms with van der Waals surface area (Å²) in [6, 6.07) is 10.4. The number of amides is 2. The van der Waals surface area contributed by atoms with Gasteiger partial charge >= 0.3 is 18.2 Å². The third kappa shape index (κ3) is 3.86. The van der Waals surface area contributed by atoms with Crippen LogP contribution in [0.4, 0.5) is 9.59 Å². The first-order valence-electron chi connectivity index (χ1n) is 11.4. The molecule has 0 spiro atoms. The van der Waals surface area contributed by atoms with E-state index in [2.05, 4.69) is 17.4 Å². The maximum absolute atomic E-state index is 12.8. The molecular weight excluding hydrogens is 452 g/mol. The van der Waals surface area contributed by atoms with Gasteiger partial charge in [-0.05, 0) is 72.2 Å². The minimum Gasteiger partial charge on any atom is -0.493 e. The van der Waals surface area contributed by atoms with Crippen molar-refractivity contribution in [1.82, 2.24) is 10.2 Å². The summed E-state index contributed by atoms with van der Waals surface area (Å²) in [6.45, 7) is 3.46. The van der Waals surface area contributed by atoms with Gasteiger partial charge in [-0.15, -0.1) is 0 Å². The molecule has 9 heteroatoms. The maximum atomic E-state index is 12.8. The van der Waals surface area contributed by atoms with Crippen molar-refractivity contribution in [2.75, 3.05) is 13.7 Å². The monoisotopic (exact) mass is 478 g/mol. The summed E-state index contributed by atoms with van der Waals surface area (Å²) >= 11 is 0. The van der Waals surface area contributed by atoms with E-state index in [4.69, 9.17) is 19.3 Å². The highest BCUT2D eigenvalue weighted by Crippen LogP contribution is 2.51. The zero-order valence-electron chi connectivity index (χ0n) is 19.7. The molecule has 0 radical (unpaired) electrons. The number of carbonyl (C=O) groups is 3. The highest BCUT2D eigenvalue weighted by atomic mass is 16.6. The Hall–Kier alpha value is -4.01. The van der Waals surface area contributed by atoms with Gasteiger partial charge in [-0.2, -0.15) is 0 Å². The molecule has 0 saturated carbocycles. The van der Waals surface area contributed by atoms with Crippen molar-refractivity contribution in [2.45, 2.75) is 44.8 Å². The number of nitrogens with zero attached hydrogens (tertiary/aromatic N) is 1. The van der Waals surface area contributed by atoms with Gasteiger partial charge < -0.3 is 24.6 Å². The number of hydrogen-bond donors (Lipinski definition) is 2. The fourth-order valence-corrected chi connectivity index (χ4v) is 5.24. The van der Waals surface area contributed by atoms with Gasteiger partial charge in [0.25, 0.3) is 0 Å². The molecule has 2 aromatic carbocycles. The zero-order chi connectivity index (χ0) is 24.9. The van der Waals surface area contributed by atoms with Gasteiger partial charge in [-0.1, -0.05) is 24.3 Å². The van der Waals surface area contributed by atoms with Crippen molar-refractivity contribution in [3.8, 4) is 11.5 Å². The number of methoxy groups -OCH3 is 1. The van der Waals surface area contributed by atoms with E-state index >= 15 is 0 Å². The fraction of sp³-hybridized carbons (Fsp3) is 0.346. The second-order valence-corrected chi connectivity index (χ2v) is 9.05. The van der Waals surface area contributed by atoms with Gasteiger partial charge in [-0.25, -0.2) is 9.59 Å². The van der Waals surface area contributed by atoms with Gasteiger partial charge in [0.1, 0.15) is 12.6 Å². The Morgan fingerprint density at radius 1 is 1.26 bits per heavy atom. The number of carbonyl (C=O) groups excluding carboxylic acids is 2. The lowest BCUT2D eigenvalue weighted by atomic mass is 9.85. The van der Waals surface area contributed by atoms with Crippen LogP contribution in [0.15, 0.2) is 42.0 Å². The number of carboxylic acid groups (broad SMARTS) is 1. The largest absolute Gasteiger partial charge is 0.493 e. The molecule has 1 fully saturated rings. The number of ether oxygens (including phenoxy) is 3. The summed E-state index contributed by atoms with van der Waals surface area (Å²) < 4.78 is 16.4. The Morgan fingerprint density at radius 3 is 2.77 bits per heavy atom. The van der Waals surface area contributed by atoms with Gasteiger partial charge in [-0.3, -0.25) is 9.69 Å². The predicted molar refractivity (Wildman–Crippen MR) is 125 cm³/mol. The number of hydrogen-bond acceptors (Lipinski definition) is 6. The van der Waals surface area contributed by atoms with E-state index < -0.39 is 18.1 Å². The summed E-state index contributed by atoms with van der Waals surface area (Å²) in [6.07, 6.45) is 0.239. The zero-order valence-corrected chi connectivity index (χ0v) is 19.7. The lowest BCUT2D eigenvalue weighted by molar-refractivity contribution is -0.138. The molecule has 2 N–H and O–H groups in total. The van der Waals surface area contributed by atoms with E-state index in [1.165, 1.54) is 30.7 Å². The van der Waals surface area contributed by atoms with Crippen molar-refractivity contribution in [2.24, 2.45) is 0 Å². The second kappa shape index (κ2) is 8.65. The molecule has 0 unspecified atom stereocenters. The average molecular weight is 479 g/mol. The minimum atomic E-state index is -1.17. The molecule has 3 atom stereocenters. The first-order valence-corrected chi connectivity index (χ1v) is 11.4. The van der Waals surface area contributed by atoms with E-state index in [9.17, 15) is 14.4 Å². The highest BCUT2D eigenvalue weighted by molar-refractivity contribution is 5.83. The van der Waals surface area contributed by atoms with Crippen LogP contribution in [0, 0.1) is 6.92 Å². The number of cyclic esters (lactones) is 1. The molecule has 2 aliphatic heterocycles. The SMILES string of the molecule is COc1cc([C@@H]2C3=C(C[C@H]4COC(=O)N42)c2ccccc2C3)cc(C)c1OC(=O)N[C@@H](C)C(=O)O. The number of aryl methyl sites for hydroxylation is 1. The summed E-state index contributed by atoms with van der Waals surface area (Å²) in [5.74, 6) is -0.677. The summed E-state index contributed by atoms with van der Waals surface area (Å²) in [7, 11) is 1.47. The number of benzene rings is 2. The first-order chi connectivity index (χ1) is 16.8. The molecule has 9 nitrogen and oxygen atoms in total. The van der Waals surface area contributed by atoms with E-state index in [1.54, 1.807) is 17.9 Å². The van der Waals surface area contributed by atoms with Gasteiger partial charge in [0, 0.05) is 0 Å². The quantitative estimate of drug-likeness (QED) is 0.671. The number of rotatable bonds is 5. The van der Waals surface area contributed by atoms with E-state index in [-0.39, 0.29) is 23.9 Å². The molecule has 5 rings (SSSR count). The Kier molecular flexibility index (Phi) is 5.62. The molecule has 2 amide bonds. The van der Waals surface area contributed by atoms with Crippen LogP contribution in [0.5, 0.6) is 11.5 Å². The molecule has 1 saturated heterocycles. The van der Waals surface area contributed by atoms with Crippen LogP contribution in [-0.2, 0) is 16.0 Å². The van der Waals surface area contributed by atoms with Crippen molar-refractivity contribution in [1.29, 1.82) is 0 Å². The Balaban J connectivity index is 1.53. The van der Waals surface area contributed by atoms with Gasteiger partial charge in [0.2, 0.25) is 0 Å². The van der Waals surface area contributed by atoms with Gasteiger partial charge in [0.15, 0.2) is 11.5 Å². The number of carboxylic acids is 1. The third-order valence-electron chi connectivity index (χ3n) is 6.86. The van der Waals surface area contributed by atoms with E-state index in [1.807, 2.05) is 18.2 Å². The maximum Gasteiger partial charge on any atom is 0.413 e. The summed E-state index contributed by atoms with van der Waals surface area (Å²) in [5.41, 5.74) is 6.32. The molecule has 1 aliphatic carbocycles. The molecule has 35 heavy (non-hydrogen) atoms. The van der Waals surface area contributed by atoms with Crippen LogP contribution >= 0.6 is 0 Å². The Bertz CT molecular complexity index is 1270. The second-order valence-electron chi connectivity index (χ2n) is 9.05. The molecule has 182 valence electrons. The first kappa shape index (κ1) is 22.8. The molecule has 0 bridgehead atoms. The van der Waals surface area contributed by atoms with Crippen molar-refractivity contribution in [3.05, 3.63) is 64.2 Å². The minimum absolute atomic E-state index is 0.0667. The van der Waals surface area contributed by atoms with Crippen LogP contribution in [0.2, 0.25) is 0 Å². The average Bonchev–Trinajstić information content (AvgIpc) is 3.39. The smallest absolute Gasteiger partial charge is 0.413 e. The molecule has 3 aliphatic rings. The van der Waals surface area contributed by atoms with Crippen LogP contribution in [0.1, 0.15) is 41.6 Å². The lowest BCUT2D eigenvalue weighted by Crippen LogP contribution is -2.41. The number of aliphatic carboxylic acids is 1. The number of fused-ring (bicyclic) bond motifs is 3. The van der Waals surface area contributed by atoms with Crippen LogP contribution in [-0.4, -0.2) is 54.0 Å². The van der Waals surface area contributed by atoms with E-state index in [0.29, 0.717) is 17.9 Å². The van der Waals surface area contributed by atoms with Crippen LogP contribution < -0.4 is 14.8 Å². The third-order valence-corrected chi connectivity index (χ3v) is 6.86. The van der Waals surface area contributed by atoms with Crippen LogP contribution in [0.3, 0.4) is 0 Å². The highest BCUT2D eigenvalue weighted by Gasteiger charge is 2.47. The van der Waals surface area contributed by atoms with E-state index in [0.717, 1.165) is 24.0 Å². The summed E-state index contributed by atoms with van der Waals surface area (Å²) in [4.78, 5) is 37.9. The Morgan fingerprint density at radius 2 is 2.03 bits per heavy atom. The molecule has 2 aromatic rings. The van der Waals surface area contributed by atoms with Crippen molar-refractivity contribution < 1.29 is 33.7 Å². The topological polar surface area (TPSA) is 114 Å². The summed E-state index contributed by atoms with van der Waals surface area (Å²) in [5, 5.41) is 11.3. The Labute approximate surface area is 202 Å². The van der Waals surface area contributed by atoms with Crippen LogP contribution in [0.25, 0.3) is 5.57 Å². The van der Waals surface area contributed by atoms with Crippen molar-refractivity contribution >= 4 is 23.7 Å².